The fourth-order valence-electron chi connectivity index (χ4n) is 2.17. The van der Waals surface area contributed by atoms with E-state index in [1.165, 1.54) is 0 Å². The predicted octanol–water partition coefficient (Wildman–Crippen LogP) is 1.04. The molecule has 1 aromatic heterocycles. The van der Waals surface area contributed by atoms with Crippen LogP contribution >= 0.6 is 0 Å². The second-order valence-electron chi connectivity index (χ2n) is 4.96. The third-order valence-electron chi connectivity index (χ3n) is 3.12. The van der Waals surface area contributed by atoms with Crippen LogP contribution in [0.4, 0.5) is 0 Å². The second-order valence-corrected chi connectivity index (χ2v) is 4.96. The molecule has 1 aromatic rings. The van der Waals surface area contributed by atoms with Crippen molar-refractivity contribution in [2.45, 2.75) is 32.8 Å². The minimum absolute atomic E-state index is 0.401. The molecule has 0 saturated heterocycles. The van der Waals surface area contributed by atoms with Gasteiger partial charge in [0.15, 0.2) is 5.96 Å². The minimum atomic E-state index is -0.969. The summed E-state index contributed by atoms with van der Waals surface area (Å²) in [5.41, 5.74) is -0.146. The first kappa shape index (κ1) is 13.0. The summed E-state index contributed by atoms with van der Waals surface area (Å²) in [7, 11) is 0. The summed E-state index contributed by atoms with van der Waals surface area (Å²) in [5, 5.41) is 16.8. The van der Waals surface area contributed by atoms with Crippen LogP contribution in [0, 0.1) is 13.8 Å². The Morgan fingerprint density at radius 3 is 2.89 bits per heavy atom. The number of rotatable bonds is 3. The zero-order valence-electron chi connectivity index (χ0n) is 11.2. The normalized spacial score (nSPS) is 18.8. The van der Waals surface area contributed by atoms with Gasteiger partial charge in [-0.05, 0) is 33.3 Å². The van der Waals surface area contributed by atoms with Crippen molar-refractivity contribution in [1.29, 1.82) is 0 Å². The molecule has 2 heterocycles. The quantitative estimate of drug-likeness (QED) is 0.751. The van der Waals surface area contributed by atoms with Crippen molar-refractivity contribution in [1.82, 2.24) is 10.6 Å². The molecule has 5 nitrogen and oxygen atoms in total. The number of aryl methyl sites for hydroxylation is 2. The van der Waals surface area contributed by atoms with Crippen molar-refractivity contribution in [3.05, 3.63) is 23.2 Å². The van der Waals surface area contributed by atoms with Crippen molar-refractivity contribution in [2.75, 3.05) is 19.6 Å². The van der Waals surface area contributed by atoms with E-state index in [-0.39, 0.29) is 0 Å². The fraction of sp³-hybridized carbons (Fsp3) is 0.615. The van der Waals surface area contributed by atoms with Crippen LogP contribution in [0.25, 0.3) is 0 Å². The summed E-state index contributed by atoms with van der Waals surface area (Å²) >= 11 is 0. The molecule has 0 fully saturated rings. The molecule has 0 amide bonds. The number of guanidine groups is 1. The highest BCUT2D eigenvalue weighted by Crippen LogP contribution is 2.26. The molecule has 1 unspecified atom stereocenters. The lowest BCUT2D eigenvalue weighted by Crippen LogP contribution is -2.46. The van der Waals surface area contributed by atoms with Crippen LogP contribution in [0.3, 0.4) is 0 Å². The van der Waals surface area contributed by atoms with Gasteiger partial charge in [-0.15, -0.1) is 0 Å². The summed E-state index contributed by atoms with van der Waals surface area (Å²) in [6.07, 6.45) is 1.06. The lowest BCUT2D eigenvalue weighted by molar-refractivity contribution is 0.0601. The topological polar surface area (TPSA) is 69.8 Å². The lowest BCUT2D eigenvalue weighted by atomic mass is 9.96. The number of aliphatic imine (C=N–C) groups is 1. The van der Waals surface area contributed by atoms with E-state index >= 15 is 0 Å². The molecule has 3 N–H and O–H groups in total. The van der Waals surface area contributed by atoms with E-state index in [0.29, 0.717) is 6.54 Å². The van der Waals surface area contributed by atoms with Gasteiger partial charge in [0.25, 0.3) is 0 Å². The zero-order valence-corrected chi connectivity index (χ0v) is 11.2. The molecule has 0 aromatic carbocycles. The van der Waals surface area contributed by atoms with E-state index in [1.54, 1.807) is 6.92 Å². The third-order valence-corrected chi connectivity index (χ3v) is 3.12. The second kappa shape index (κ2) is 5.02. The van der Waals surface area contributed by atoms with Gasteiger partial charge in [0.2, 0.25) is 0 Å². The minimum Gasteiger partial charge on any atom is -0.466 e. The number of hydrogen-bond donors (Lipinski definition) is 3. The maximum absolute atomic E-state index is 10.5. The van der Waals surface area contributed by atoms with Crippen LogP contribution < -0.4 is 10.6 Å². The molecule has 1 atom stereocenters. The Labute approximate surface area is 107 Å². The molecule has 2 rings (SSSR count). The van der Waals surface area contributed by atoms with Gasteiger partial charge in [0.05, 0.1) is 6.54 Å². The molecule has 0 spiro atoms. The molecular formula is C13H21N3O2. The van der Waals surface area contributed by atoms with Crippen molar-refractivity contribution >= 4 is 5.96 Å². The highest BCUT2D eigenvalue weighted by atomic mass is 16.3. The van der Waals surface area contributed by atoms with Crippen LogP contribution in [0.15, 0.2) is 15.5 Å². The maximum atomic E-state index is 10.5. The van der Waals surface area contributed by atoms with Crippen LogP contribution in [0.2, 0.25) is 0 Å². The van der Waals surface area contributed by atoms with E-state index in [9.17, 15) is 5.11 Å². The highest BCUT2D eigenvalue weighted by molar-refractivity contribution is 5.80. The van der Waals surface area contributed by atoms with Crippen molar-refractivity contribution in [2.24, 2.45) is 4.99 Å². The maximum Gasteiger partial charge on any atom is 0.191 e. The van der Waals surface area contributed by atoms with Gasteiger partial charge < -0.3 is 20.2 Å². The van der Waals surface area contributed by atoms with Gasteiger partial charge in [-0.3, -0.25) is 4.99 Å². The molecule has 0 bridgehead atoms. The van der Waals surface area contributed by atoms with Crippen molar-refractivity contribution in [3.8, 4) is 0 Å². The fourth-order valence-corrected chi connectivity index (χ4v) is 2.17. The van der Waals surface area contributed by atoms with Gasteiger partial charge in [0, 0.05) is 18.7 Å². The Morgan fingerprint density at radius 1 is 1.56 bits per heavy atom. The summed E-state index contributed by atoms with van der Waals surface area (Å²) < 4.78 is 5.46. The Bertz CT molecular complexity index is 449. The van der Waals surface area contributed by atoms with Gasteiger partial charge in [-0.2, -0.15) is 0 Å². The predicted molar refractivity (Wildman–Crippen MR) is 70.7 cm³/mol. The van der Waals surface area contributed by atoms with E-state index in [0.717, 1.165) is 42.6 Å². The summed E-state index contributed by atoms with van der Waals surface area (Å²) in [5.74, 6) is 2.34. The van der Waals surface area contributed by atoms with Crippen molar-refractivity contribution < 1.29 is 9.52 Å². The van der Waals surface area contributed by atoms with Gasteiger partial charge >= 0.3 is 0 Å². The summed E-state index contributed by atoms with van der Waals surface area (Å²) in [6, 6.07) is 1.88. The van der Waals surface area contributed by atoms with Crippen LogP contribution in [-0.4, -0.2) is 30.7 Å². The van der Waals surface area contributed by atoms with E-state index in [4.69, 9.17) is 4.42 Å². The smallest absolute Gasteiger partial charge is 0.191 e. The number of aliphatic hydroxyl groups is 1. The molecule has 100 valence electrons. The van der Waals surface area contributed by atoms with Gasteiger partial charge in [-0.1, -0.05) is 0 Å². The number of furan rings is 1. The average molecular weight is 251 g/mol. The molecule has 0 saturated carbocycles. The van der Waals surface area contributed by atoms with E-state index < -0.39 is 5.60 Å². The molecular weight excluding hydrogens is 230 g/mol. The zero-order chi connectivity index (χ0) is 13.2. The Hall–Kier alpha value is -1.49. The van der Waals surface area contributed by atoms with Gasteiger partial charge in [-0.25, -0.2) is 0 Å². The van der Waals surface area contributed by atoms with E-state index in [2.05, 4.69) is 15.6 Å². The first-order valence-electron chi connectivity index (χ1n) is 6.31. The Morgan fingerprint density at radius 2 is 2.33 bits per heavy atom. The molecule has 18 heavy (non-hydrogen) atoms. The average Bonchev–Trinajstić information content (AvgIpc) is 2.68. The number of nitrogens with zero attached hydrogens (tertiary/aromatic N) is 1. The number of hydrogen-bond acceptors (Lipinski definition) is 5. The monoisotopic (exact) mass is 251 g/mol. The molecule has 1 aliphatic rings. The third kappa shape index (κ3) is 2.85. The van der Waals surface area contributed by atoms with Crippen LogP contribution in [0.1, 0.15) is 30.4 Å². The first-order chi connectivity index (χ1) is 8.49. The van der Waals surface area contributed by atoms with Gasteiger partial charge in [0.1, 0.15) is 17.1 Å². The van der Waals surface area contributed by atoms with Crippen LogP contribution in [0.5, 0.6) is 0 Å². The highest BCUT2D eigenvalue weighted by Gasteiger charge is 2.27. The molecule has 0 radical (unpaired) electrons. The first-order valence-corrected chi connectivity index (χ1v) is 6.31. The Balaban J connectivity index is 2.02. The summed E-state index contributed by atoms with van der Waals surface area (Å²) in [4.78, 5) is 4.31. The SMILES string of the molecule is Cc1cc(C(C)(O)CNC2=NCCCN2)c(C)o1. The molecule has 1 aliphatic heterocycles. The number of nitrogens with one attached hydrogen (secondary N) is 2. The van der Waals surface area contributed by atoms with Crippen LogP contribution in [-0.2, 0) is 5.60 Å². The standard InChI is InChI=1S/C13H21N3O2/c1-9-7-11(10(2)18-9)13(3,17)8-16-12-14-5-4-6-15-12/h7,17H,4-6,8H2,1-3H3,(H2,14,15,16). The molecule has 5 heteroatoms. The summed E-state index contributed by atoms with van der Waals surface area (Å²) in [6.45, 7) is 7.69. The van der Waals surface area contributed by atoms with E-state index in [1.807, 2.05) is 19.9 Å². The largest absolute Gasteiger partial charge is 0.466 e. The lowest BCUT2D eigenvalue weighted by Gasteiger charge is -2.25. The van der Waals surface area contributed by atoms with Crippen molar-refractivity contribution in [3.63, 3.8) is 0 Å². The molecule has 0 aliphatic carbocycles. The Kier molecular flexibility index (Phi) is 3.61.